The van der Waals surface area contributed by atoms with Crippen LogP contribution in [0, 0.1) is 6.92 Å². The highest BCUT2D eigenvalue weighted by Gasteiger charge is 2.44. The number of aromatic amines is 2. The molecule has 0 saturated carbocycles. The number of fused-ring (bicyclic) bond motifs is 2. The van der Waals surface area contributed by atoms with Gasteiger partial charge in [-0.05, 0) is 13.0 Å². The predicted octanol–water partition coefficient (Wildman–Crippen LogP) is -5.32. The number of H-pyrrole nitrogens is 2. The Morgan fingerprint density at radius 1 is 0.570 bits per heavy atom. The number of nitrogen functional groups attached to an aromatic ring is 3. The summed E-state index contributed by atoms with van der Waals surface area (Å²) in [5.41, 5.74) is 37.7. The topological polar surface area (TPSA) is 683 Å². The number of nitrogens with two attached hydrogens (primary N) is 7. The van der Waals surface area contributed by atoms with E-state index >= 15 is 0 Å². The molecule has 0 aromatic carbocycles. The van der Waals surface area contributed by atoms with E-state index in [4.69, 9.17) is 107 Å². The average Bonchev–Trinajstić information content (AvgIpc) is 1.87. The van der Waals surface area contributed by atoms with Crippen LogP contribution < -0.4 is 62.6 Å². The van der Waals surface area contributed by atoms with Crippen molar-refractivity contribution in [3.05, 3.63) is 84.7 Å². The third-order valence-electron chi connectivity index (χ3n) is 12.8. The Labute approximate surface area is 480 Å². The Bertz CT molecular complexity index is 3790. The minimum atomic E-state index is -4.75. The normalized spacial score (nSPS) is 26.0. The second-order valence-corrected chi connectivity index (χ2v) is 23.6. The van der Waals surface area contributed by atoms with Crippen LogP contribution in [0.3, 0.4) is 0 Å². The van der Waals surface area contributed by atoms with Gasteiger partial charge in [-0.1, -0.05) is 0 Å². The molecule has 10 rings (SSSR count). The fourth-order valence-electron chi connectivity index (χ4n) is 9.15. The lowest BCUT2D eigenvalue weighted by Crippen LogP contribution is -2.36. The zero-order chi connectivity index (χ0) is 63.4. The summed E-state index contributed by atoms with van der Waals surface area (Å²) in [5, 5.41) is 0. The molecule has 0 aliphatic carbocycles. The molecule has 4 aliphatic heterocycles. The maximum Gasteiger partial charge on any atom is 0.470 e. The highest BCUT2D eigenvalue weighted by molar-refractivity contribution is 7.47. The number of hydrogen-bond donors (Lipinski definition) is 17. The van der Waals surface area contributed by atoms with Crippen molar-refractivity contribution < 1.29 is 94.4 Å². The van der Waals surface area contributed by atoms with Crippen molar-refractivity contribution in [1.29, 1.82) is 0 Å². The molecule has 6 aromatic rings. The van der Waals surface area contributed by atoms with E-state index in [0.717, 1.165) is 4.57 Å². The molecule has 0 radical (unpaired) electrons. The standard InChI is InChI=1S/C10H15N6O6P.C10H15N6O5P.C10H16N3O7P.C9H15N4O6P/c11-2-5-4(22-23(18,19)20)1-6(21-5)16-3-13-7-8(16)14-10(12)15-9(7)17;11-2-6-5(21-22(17,18)19)1-7(20-6)16-4-15-8-9(12)13-3-14-10(8)16;1-5-4-13(10(15)12-8(5)14)9-7(20-21(16,17)18)2-6(3-11)19-9;10-4-6-5(19-20(15,16)17)3-8(18-6)13-2-1-7(11)12-9(13)14/h3-6H,1-2,11H2,(H2,18,19,20)(H3,12,14,15,17);3-7H,1-2,11H2,(H2,12,13,14)(H2,17,18,19);4,6-7,9H,2-3,11H2,1H3,(H,12,14,15)(H2,16,17,18);1-2,5-6,8H,3-4,10H2,(H2,11,12,14)(H2,15,16,17)/t4-,5+,6+;5-,6+,7+;6-,7?,9+;5-,6+,8+/m0000/s1. The Balaban J connectivity index is 0.000000164. The van der Waals surface area contributed by atoms with Crippen LogP contribution in [0.5, 0.6) is 0 Å². The van der Waals surface area contributed by atoms with Gasteiger partial charge in [-0.25, -0.2) is 47.8 Å². The molecule has 47 heteroatoms. The molecule has 0 amide bonds. The fraction of sp³-hybridized carbons (Fsp3) is 0.538. The van der Waals surface area contributed by atoms with Crippen LogP contribution in [0.4, 0.5) is 17.6 Å². The van der Waals surface area contributed by atoms with Gasteiger partial charge in [-0.3, -0.25) is 55.9 Å². The van der Waals surface area contributed by atoms with E-state index in [1.54, 1.807) is 4.57 Å². The van der Waals surface area contributed by atoms with Gasteiger partial charge in [0.1, 0.15) is 60.8 Å². The lowest BCUT2D eigenvalue weighted by Gasteiger charge is -2.21. The van der Waals surface area contributed by atoms with Crippen LogP contribution in [0.25, 0.3) is 22.3 Å². The molecule has 43 nitrogen and oxygen atoms in total. The minimum absolute atomic E-state index is 0.00167. The molecule has 24 N–H and O–H groups in total. The van der Waals surface area contributed by atoms with Gasteiger partial charge >= 0.3 is 42.7 Å². The lowest BCUT2D eigenvalue weighted by atomic mass is 10.2. The summed E-state index contributed by atoms with van der Waals surface area (Å²) in [6, 6.07) is 1.42. The van der Waals surface area contributed by atoms with Gasteiger partial charge in [0.05, 0.1) is 37.1 Å². The molecule has 86 heavy (non-hydrogen) atoms. The van der Waals surface area contributed by atoms with Crippen LogP contribution in [0.15, 0.2) is 56.6 Å². The predicted molar refractivity (Wildman–Crippen MR) is 289 cm³/mol. The van der Waals surface area contributed by atoms with Crippen molar-refractivity contribution >= 4 is 71.2 Å². The first-order valence-electron chi connectivity index (χ1n) is 24.9. The number of imidazole rings is 2. The number of phosphoric acid groups is 4. The molecule has 0 bridgehead atoms. The maximum absolute atomic E-state index is 11.8. The molecule has 4 aliphatic rings. The Hall–Kier alpha value is -6.02. The smallest absolute Gasteiger partial charge is 0.383 e. The molecule has 0 spiro atoms. The van der Waals surface area contributed by atoms with Gasteiger partial charge in [-0.2, -0.15) is 9.97 Å². The number of nitrogens with zero attached hydrogens (tertiary/aromatic N) is 10. The number of aryl methyl sites for hydroxylation is 1. The van der Waals surface area contributed by atoms with Crippen molar-refractivity contribution in [2.75, 3.05) is 43.4 Å². The van der Waals surface area contributed by atoms with Crippen molar-refractivity contribution in [1.82, 2.24) is 58.1 Å². The summed E-state index contributed by atoms with van der Waals surface area (Å²) in [5.74, 6) is 0.225. The van der Waals surface area contributed by atoms with Gasteiger partial charge in [0.15, 0.2) is 28.9 Å². The molecule has 1 unspecified atom stereocenters. The molecule has 476 valence electrons. The van der Waals surface area contributed by atoms with Crippen molar-refractivity contribution in [3.63, 3.8) is 0 Å². The average molecular weight is 1300 g/mol. The Kier molecular flexibility index (Phi) is 21.6. The molecular formula is C39H61N19O24P4. The molecule has 6 aromatic heterocycles. The molecule has 4 saturated heterocycles. The lowest BCUT2D eigenvalue weighted by molar-refractivity contribution is -0.0364. The number of aromatic nitrogens is 12. The fourth-order valence-corrected chi connectivity index (χ4v) is 11.4. The monoisotopic (exact) mass is 1300 g/mol. The quantitative estimate of drug-likeness (QED) is 0.0402. The first-order chi connectivity index (χ1) is 40.2. The number of rotatable bonds is 16. The zero-order valence-electron chi connectivity index (χ0n) is 44.5. The number of anilines is 3. The Morgan fingerprint density at radius 2 is 1.05 bits per heavy atom. The summed E-state index contributed by atoms with van der Waals surface area (Å²) in [7, 11) is -18.7. The third-order valence-corrected chi connectivity index (χ3v) is 15.0. The van der Waals surface area contributed by atoms with E-state index in [0.29, 0.717) is 11.2 Å². The van der Waals surface area contributed by atoms with Crippen LogP contribution >= 0.6 is 31.3 Å². The summed E-state index contributed by atoms with van der Waals surface area (Å²) in [4.78, 5) is 146. The van der Waals surface area contributed by atoms with E-state index in [1.165, 1.54) is 53.5 Å². The largest absolute Gasteiger partial charge is 0.470 e. The zero-order valence-corrected chi connectivity index (χ0v) is 48.0. The summed E-state index contributed by atoms with van der Waals surface area (Å²) >= 11 is 0. The Morgan fingerprint density at radius 3 is 1.52 bits per heavy atom. The second kappa shape index (κ2) is 27.6. The van der Waals surface area contributed by atoms with Crippen molar-refractivity contribution in [3.8, 4) is 0 Å². The van der Waals surface area contributed by atoms with Gasteiger partial charge in [0, 0.05) is 69.8 Å². The maximum atomic E-state index is 11.8. The second-order valence-electron chi connectivity index (χ2n) is 18.8. The van der Waals surface area contributed by atoms with E-state index in [-0.39, 0.29) is 86.2 Å². The number of ether oxygens (including phenoxy) is 4. The van der Waals surface area contributed by atoms with Crippen LogP contribution in [0.1, 0.15) is 56.2 Å². The minimum Gasteiger partial charge on any atom is -0.383 e. The SMILES string of the molecule is Cc1cn([C@@H]2O[C@H](CN)CC2OP(=O)(O)O)c(=O)[nH]c1=O.NC[C@H]1O[C@@H](n2ccc(N)nc2=O)C[C@@H]1OP(=O)(O)O.NC[C@H]1O[C@@H](n2cnc3c(=O)[nH]c(N)nc32)C[C@@H]1OP(=O)(O)O.NC[C@H]1O[C@@H](n2cnc3c(N)ncnc32)C[C@@H]1OP(=O)(O)O. The van der Waals surface area contributed by atoms with Crippen LogP contribution in [0.2, 0.25) is 0 Å². The van der Waals surface area contributed by atoms with Gasteiger partial charge in [-0.15, -0.1) is 0 Å². The highest BCUT2D eigenvalue weighted by atomic mass is 31.2. The number of nitrogens with one attached hydrogen (secondary N) is 2. The summed E-state index contributed by atoms with van der Waals surface area (Å²) < 4.78 is 90.2. The number of hydrogen-bond acceptors (Lipinski definition) is 29. The van der Waals surface area contributed by atoms with Gasteiger partial charge in [0.25, 0.3) is 11.1 Å². The molecule has 4 fully saturated rings. The van der Waals surface area contributed by atoms with Gasteiger partial charge < -0.3 is 98.2 Å². The molecule has 10 heterocycles. The third kappa shape index (κ3) is 17.4. The molecule has 12 atom stereocenters. The molecular weight excluding hydrogens is 1240 g/mol. The van der Waals surface area contributed by atoms with Crippen LogP contribution in [-0.4, -0.2) is 172 Å². The van der Waals surface area contributed by atoms with Gasteiger partial charge in [0.2, 0.25) is 5.95 Å². The number of phosphoric ester groups is 4. The van der Waals surface area contributed by atoms with Crippen LogP contribution in [-0.2, 0) is 55.3 Å². The van der Waals surface area contributed by atoms with E-state index in [9.17, 15) is 37.4 Å². The van der Waals surface area contributed by atoms with E-state index < -0.39 is 128 Å². The first kappa shape index (κ1) is 67.5. The first-order valence-corrected chi connectivity index (χ1v) is 31.0. The van der Waals surface area contributed by atoms with E-state index in [2.05, 4.69) is 48.9 Å². The highest BCUT2D eigenvalue weighted by Crippen LogP contribution is 2.47. The van der Waals surface area contributed by atoms with Crippen molar-refractivity contribution in [2.45, 2.75) is 106 Å². The van der Waals surface area contributed by atoms with Crippen molar-refractivity contribution in [2.24, 2.45) is 22.9 Å². The summed E-state index contributed by atoms with van der Waals surface area (Å²) in [6.07, 6.45) is -2.13. The van der Waals surface area contributed by atoms with E-state index in [1.807, 2.05) is 0 Å². The summed E-state index contributed by atoms with van der Waals surface area (Å²) in [6.45, 7) is 1.66.